The normalized spacial score (nSPS) is 21.2. The lowest BCUT2D eigenvalue weighted by Gasteiger charge is -2.41. The minimum atomic E-state index is 0.298. The van der Waals surface area contributed by atoms with Gasteiger partial charge in [-0.2, -0.15) is 0 Å². The predicted octanol–water partition coefficient (Wildman–Crippen LogP) is 3.67. The van der Waals surface area contributed by atoms with Gasteiger partial charge in [0.1, 0.15) is 0 Å². The minimum Gasteiger partial charge on any atom is -0.311 e. The van der Waals surface area contributed by atoms with Crippen molar-refractivity contribution in [2.24, 2.45) is 5.41 Å². The Balaban J connectivity index is 2.24. The number of rotatable bonds is 7. The molecule has 0 aromatic heterocycles. The van der Waals surface area contributed by atoms with Crippen LogP contribution >= 0.6 is 0 Å². The van der Waals surface area contributed by atoms with E-state index in [0.29, 0.717) is 11.0 Å². The highest BCUT2D eigenvalue weighted by Crippen LogP contribution is 2.37. The summed E-state index contributed by atoms with van der Waals surface area (Å²) in [5.74, 6) is 0. The van der Waals surface area contributed by atoms with E-state index in [1.54, 1.807) is 0 Å². The summed E-state index contributed by atoms with van der Waals surface area (Å²) in [5, 5.41) is 3.66. The van der Waals surface area contributed by atoms with Crippen LogP contribution in [0, 0.1) is 5.41 Å². The van der Waals surface area contributed by atoms with E-state index in [1.807, 2.05) is 0 Å². The molecular formula is C16H34N2. The summed E-state index contributed by atoms with van der Waals surface area (Å²) in [6, 6.07) is 0. The maximum atomic E-state index is 3.66. The molecule has 0 aromatic carbocycles. The number of nitrogens with zero attached hydrogens (tertiary/aromatic N) is 1. The first kappa shape index (κ1) is 16.0. The lowest BCUT2D eigenvalue weighted by molar-refractivity contribution is 0.0945. The highest BCUT2D eigenvalue weighted by molar-refractivity contribution is 4.84. The molecule has 0 bridgehead atoms. The van der Waals surface area contributed by atoms with Gasteiger partial charge in [-0.1, -0.05) is 33.6 Å². The number of likely N-dealkylation sites (tertiary alicyclic amines) is 1. The Bertz CT molecular complexity index is 221. The van der Waals surface area contributed by atoms with Crippen LogP contribution in [0.5, 0.6) is 0 Å². The lowest BCUT2D eigenvalue weighted by Crippen LogP contribution is -2.46. The molecule has 0 spiro atoms. The van der Waals surface area contributed by atoms with Crippen molar-refractivity contribution >= 4 is 0 Å². The summed E-state index contributed by atoms with van der Waals surface area (Å²) in [6.07, 6.45) is 6.72. The molecule has 2 nitrogen and oxygen atoms in total. The lowest BCUT2D eigenvalue weighted by atomic mass is 9.74. The molecule has 1 aliphatic heterocycles. The van der Waals surface area contributed by atoms with Gasteiger partial charge in [-0.05, 0) is 51.6 Å². The highest BCUT2D eigenvalue weighted by atomic mass is 15.1. The summed E-state index contributed by atoms with van der Waals surface area (Å²) < 4.78 is 0. The van der Waals surface area contributed by atoms with Gasteiger partial charge in [-0.25, -0.2) is 0 Å². The van der Waals surface area contributed by atoms with Gasteiger partial charge < -0.3 is 10.2 Å². The van der Waals surface area contributed by atoms with Crippen LogP contribution in [0.4, 0.5) is 0 Å². The summed E-state index contributed by atoms with van der Waals surface area (Å²) in [5.41, 5.74) is 0.957. The van der Waals surface area contributed by atoms with Crippen LogP contribution in [0.3, 0.4) is 0 Å². The summed E-state index contributed by atoms with van der Waals surface area (Å²) in [4.78, 5) is 2.64. The molecule has 1 aliphatic rings. The Morgan fingerprint density at radius 1 is 1.06 bits per heavy atom. The number of piperidine rings is 1. The predicted molar refractivity (Wildman–Crippen MR) is 81.1 cm³/mol. The number of hydrogen-bond acceptors (Lipinski definition) is 2. The van der Waals surface area contributed by atoms with E-state index in [0.717, 1.165) is 6.54 Å². The Morgan fingerprint density at radius 2 is 1.61 bits per heavy atom. The van der Waals surface area contributed by atoms with Crippen LogP contribution in [-0.2, 0) is 0 Å². The first-order valence-corrected chi connectivity index (χ1v) is 7.94. The second-order valence-corrected chi connectivity index (χ2v) is 6.71. The average Bonchev–Trinajstić information content (AvgIpc) is 2.40. The molecule has 0 unspecified atom stereocenters. The molecule has 0 radical (unpaired) electrons. The van der Waals surface area contributed by atoms with Gasteiger partial charge in [0.25, 0.3) is 0 Å². The minimum absolute atomic E-state index is 0.298. The monoisotopic (exact) mass is 254 g/mol. The summed E-state index contributed by atoms with van der Waals surface area (Å²) in [6.45, 7) is 16.5. The molecular weight excluding hydrogens is 220 g/mol. The van der Waals surface area contributed by atoms with Crippen molar-refractivity contribution in [3.8, 4) is 0 Å². The zero-order chi connectivity index (χ0) is 13.6. The van der Waals surface area contributed by atoms with Crippen LogP contribution in [0.2, 0.25) is 0 Å². The molecule has 0 aromatic rings. The second-order valence-electron chi connectivity index (χ2n) is 6.71. The zero-order valence-electron chi connectivity index (χ0n) is 13.3. The fraction of sp³-hybridized carbons (Fsp3) is 1.00. The van der Waals surface area contributed by atoms with E-state index >= 15 is 0 Å². The molecule has 1 fully saturated rings. The highest BCUT2D eigenvalue weighted by Gasteiger charge is 2.30. The zero-order valence-corrected chi connectivity index (χ0v) is 13.3. The fourth-order valence-corrected chi connectivity index (χ4v) is 2.89. The molecule has 1 N–H and O–H groups in total. The first-order chi connectivity index (χ1) is 8.47. The molecule has 0 atom stereocenters. The largest absolute Gasteiger partial charge is 0.311 e. The first-order valence-electron chi connectivity index (χ1n) is 7.94. The van der Waals surface area contributed by atoms with E-state index in [1.165, 1.54) is 51.7 Å². The van der Waals surface area contributed by atoms with Gasteiger partial charge in [0.2, 0.25) is 0 Å². The van der Waals surface area contributed by atoms with Crippen LogP contribution in [0.25, 0.3) is 0 Å². The van der Waals surface area contributed by atoms with Crippen molar-refractivity contribution in [1.29, 1.82) is 0 Å². The third-order valence-corrected chi connectivity index (χ3v) is 5.33. The number of nitrogens with one attached hydrogen (secondary N) is 1. The van der Waals surface area contributed by atoms with Gasteiger partial charge in [0, 0.05) is 18.6 Å². The third kappa shape index (κ3) is 4.55. The summed E-state index contributed by atoms with van der Waals surface area (Å²) in [7, 11) is 0. The quantitative estimate of drug-likeness (QED) is 0.746. The van der Waals surface area contributed by atoms with E-state index < -0.39 is 0 Å². The van der Waals surface area contributed by atoms with Crippen molar-refractivity contribution < 1.29 is 0 Å². The molecule has 108 valence electrons. The molecule has 0 amide bonds. The topological polar surface area (TPSA) is 15.3 Å². The molecule has 0 saturated carbocycles. The van der Waals surface area contributed by atoms with Crippen LogP contribution < -0.4 is 5.32 Å². The Hall–Kier alpha value is -0.0800. The molecule has 1 rings (SSSR count). The van der Waals surface area contributed by atoms with Gasteiger partial charge in [-0.3, -0.25) is 0 Å². The Kier molecular flexibility index (Phi) is 6.13. The van der Waals surface area contributed by atoms with E-state index in [-0.39, 0.29) is 0 Å². The maximum absolute atomic E-state index is 3.66. The van der Waals surface area contributed by atoms with Crippen LogP contribution in [0.15, 0.2) is 0 Å². The van der Waals surface area contributed by atoms with Crippen LogP contribution in [0.1, 0.15) is 66.7 Å². The fourth-order valence-electron chi connectivity index (χ4n) is 2.89. The molecule has 1 saturated heterocycles. The maximum Gasteiger partial charge on any atom is 0.0123 e. The Labute approximate surface area is 115 Å². The Morgan fingerprint density at radius 3 is 2.06 bits per heavy atom. The summed E-state index contributed by atoms with van der Waals surface area (Å²) >= 11 is 0. The molecule has 1 heterocycles. The van der Waals surface area contributed by atoms with Gasteiger partial charge in [-0.15, -0.1) is 0 Å². The SMILES string of the molecule is CCC1(CC)CCN(CCNC(C)(C)CC)CC1. The average molecular weight is 254 g/mol. The number of hydrogen-bond donors (Lipinski definition) is 1. The van der Waals surface area contributed by atoms with Crippen molar-refractivity contribution in [3.05, 3.63) is 0 Å². The van der Waals surface area contributed by atoms with Gasteiger partial charge >= 0.3 is 0 Å². The third-order valence-electron chi connectivity index (χ3n) is 5.33. The van der Waals surface area contributed by atoms with Crippen molar-refractivity contribution in [1.82, 2.24) is 10.2 Å². The molecule has 18 heavy (non-hydrogen) atoms. The molecule has 0 aliphatic carbocycles. The van der Waals surface area contributed by atoms with Crippen molar-refractivity contribution in [3.63, 3.8) is 0 Å². The van der Waals surface area contributed by atoms with Crippen molar-refractivity contribution in [2.45, 2.75) is 72.3 Å². The van der Waals surface area contributed by atoms with Gasteiger partial charge in [0.05, 0.1) is 0 Å². The molecule has 2 heteroatoms. The van der Waals surface area contributed by atoms with Crippen LogP contribution in [-0.4, -0.2) is 36.6 Å². The van der Waals surface area contributed by atoms with Gasteiger partial charge in [0.15, 0.2) is 0 Å². The van der Waals surface area contributed by atoms with E-state index in [9.17, 15) is 0 Å². The standard InChI is InChI=1S/C16H34N2/c1-6-15(4,5)17-11-14-18-12-9-16(7-2,8-3)10-13-18/h17H,6-14H2,1-5H3. The second kappa shape index (κ2) is 6.91. The van der Waals surface area contributed by atoms with E-state index in [2.05, 4.69) is 44.8 Å². The van der Waals surface area contributed by atoms with E-state index in [4.69, 9.17) is 0 Å². The smallest absolute Gasteiger partial charge is 0.0123 e. The van der Waals surface area contributed by atoms with Crippen molar-refractivity contribution in [2.75, 3.05) is 26.2 Å².